The summed E-state index contributed by atoms with van der Waals surface area (Å²) >= 11 is 0. The molecule has 100 valence electrons. The highest BCUT2D eigenvalue weighted by atomic mass is 16.6. The minimum Gasteiger partial charge on any atom is -0.387 e. The first-order valence-corrected chi connectivity index (χ1v) is 5.24. The van der Waals surface area contributed by atoms with Gasteiger partial charge in [0, 0.05) is 18.8 Å². The highest BCUT2D eigenvalue weighted by Crippen LogP contribution is 2.27. The average molecular weight is 259 g/mol. The third-order valence-electron chi connectivity index (χ3n) is 2.75. The molecule has 1 aliphatic rings. The molecule has 5 N–H and O–H groups in total. The molecule has 0 bridgehead atoms. The zero-order chi connectivity index (χ0) is 13.3. The number of aliphatic hydroxyl groups is 2. The number of rotatable bonds is 3. The fourth-order valence-corrected chi connectivity index (χ4v) is 1.85. The molecule has 2 heterocycles. The molecule has 18 heavy (non-hydrogen) atoms. The molecule has 2 rings (SSSR count). The lowest BCUT2D eigenvalue weighted by Gasteiger charge is -2.16. The monoisotopic (exact) mass is 259 g/mol. The summed E-state index contributed by atoms with van der Waals surface area (Å²) in [6, 6.07) is 1.10. The molecule has 1 saturated heterocycles. The number of hydrogen-bond donors (Lipinski definition) is 5. The van der Waals surface area contributed by atoms with Gasteiger partial charge < -0.3 is 20.2 Å². The van der Waals surface area contributed by atoms with Crippen LogP contribution in [0.15, 0.2) is 21.9 Å². The van der Waals surface area contributed by atoms with Crippen molar-refractivity contribution < 1.29 is 20.2 Å². The molecule has 0 unspecified atom stereocenters. The first-order chi connectivity index (χ1) is 8.54. The van der Waals surface area contributed by atoms with Crippen molar-refractivity contribution in [2.24, 2.45) is 0 Å². The molecule has 1 aromatic heterocycles. The van der Waals surface area contributed by atoms with Crippen molar-refractivity contribution in [1.29, 1.82) is 0 Å². The number of aromatic amines is 1. The van der Waals surface area contributed by atoms with Crippen molar-refractivity contribution in [2.45, 2.75) is 24.5 Å². The molecule has 0 aromatic carbocycles. The van der Waals surface area contributed by atoms with E-state index in [1.54, 1.807) is 0 Å². The maximum absolute atomic E-state index is 11.5. The summed E-state index contributed by atoms with van der Waals surface area (Å²) in [5.41, 5.74) is 0.490. The minimum atomic E-state index is -1.34. The van der Waals surface area contributed by atoms with Crippen molar-refractivity contribution >= 4 is 0 Å². The van der Waals surface area contributed by atoms with Gasteiger partial charge in [-0.3, -0.25) is 14.3 Å². The predicted molar refractivity (Wildman–Crippen MR) is 57.0 cm³/mol. The number of aromatic nitrogens is 2. The van der Waals surface area contributed by atoms with Gasteiger partial charge in [-0.2, -0.15) is 0 Å². The number of H-pyrrole nitrogens is 1. The Kier molecular flexibility index (Phi) is 3.59. The van der Waals surface area contributed by atoms with E-state index >= 15 is 0 Å². The lowest BCUT2D eigenvalue weighted by molar-refractivity contribution is -0.0473. The summed E-state index contributed by atoms with van der Waals surface area (Å²) in [5, 5.41) is 28.0. The van der Waals surface area contributed by atoms with Gasteiger partial charge in [0.1, 0.15) is 18.3 Å². The molecule has 0 radical (unpaired) electrons. The van der Waals surface area contributed by atoms with Crippen molar-refractivity contribution in [3.8, 4) is 0 Å². The topological polar surface area (TPSA) is 137 Å². The minimum absolute atomic E-state index is 0.104. The Hall–Kier alpha value is -1.52. The lowest BCUT2D eigenvalue weighted by Crippen LogP contribution is -2.38. The molecule has 1 fully saturated rings. The van der Waals surface area contributed by atoms with E-state index in [1.165, 1.54) is 0 Å². The number of hydroxylamine groups is 1. The second kappa shape index (κ2) is 5.00. The zero-order valence-corrected chi connectivity index (χ0v) is 9.18. The van der Waals surface area contributed by atoms with E-state index in [0.717, 1.165) is 16.8 Å². The fourth-order valence-electron chi connectivity index (χ4n) is 1.85. The van der Waals surface area contributed by atoms with Crippen molar-refractivity contribution in [3.05, 3.63) is 33.1 Å². The van der Waals surface area contributed by atoms with Crippen LogP contribution in [0.2, 0.25) is 0 Å². The van der Waals surface area contributed by atoms with Crippen LogP contribution in [0.3, 0.4) is 0 Å². The van der Waals surface area contributed by atoms with E-state index in [9.17, 15) is 19.8 Å². The van der Waals surface area contributed by atoms with Gasteiger partial charge >= 0.3 is 5.69 Å². The van der Waals surface area contributed by atoms with Crippen LogP contribution in [-0.2, 0) is 4.74 Å². The van der Waals surface area contributed by atoms with Gasteiger partial charge in [0.05, 0.1) is 0 Å². The van der Waals surface area contributed by atoms with Crippen LogP contribution in [0.1, 0.15) is 6.23 Å². The molecule has 0 amide bonds. The summed E-state index contributed by atoms with van der Waals surface area (Å²) < 4.78 is 6.22. The SMILES string of the molecule is O=c1ccn([C@@H]2O[C@H](CNO)[C@@H](O)[C@H]2O)c(=O)[nH]1. The molecule has 0 aliphatic carbocycles. The summed E-state index contributed by atoms with van der Waals surface area (Å²) in [6.45, 7) is -0.104. The van der Waals surface area contributed by atoms with E-state index in [4.69, 9.17) is 9.94 Å². The Labute approximate surface area is 100 Å². The number of hydrogen-bond acceptors (Lipinski definition) is 7. The molecule has 9 nitrogen and oxygen atoms in total. The third kappa shape index (κ3) is 2.21. The van der Waals surface area contributed by atoms with Crippen LogP contribution >= 0.6 is 0 Å². The van der Waals surface area contributed by atoms with Crippen LogP contribution in [0.4, 0.5) is 0 Å². The molecular formula is C9H13N3O6. The normalized spacial score (nSPS) is 31.7. The Bertz CT molecular complexity index is 526. The molecule has 1 aliphatic heterocycles. The Morgan fingerprint density at radius 3 is 2.72 bits per heavy atom. The van der Waals surface area contributed by atoms with Gasteiger partial charge in [-0.15, -0.1) is 0 Å². The first kappa shape index (κ1) is 12.9. The van der Waals surface area contributed by atoms with E-state index in [2.05, 4.69) is 0 Å². The second-order valence-electron chi connectivity index (χ2n) is 3.93. The van der Waals surface area contributed by atoms with E-state index < -0.39 is 35.8 Å². The van der Waals surface area contributed by atoms with Crippen LogP contribution < -0.4 is 16.7 Å². The fraction of sp³-hybridized carbons (Fsp3) is 0.556. The average Bonchev–Trinajstić information content (AvgIpc) is 2.58. The van der Waals surface area contributed by atoms with Gasteiger partial charge in [0.15, 0.2) is 6.23 Å². The van der Waals surface area contributed by atoms with Crippen molar-refractivity contribution in [1.82, 2.24) is 15.0 Å². The van der Waals surface area contributed by atoms with Gasteiger partial charge in [-0.05, 0) is 0 Å². The Morgan fingerprint density at radius 2 is 2.11 bits per heavy atom. The predicted octanol–water partition coefficient (Wildman–Crippen LogP) is -2.87. The Morgan fingerprint density at radius 1 is 1.39 bits per heavy atom. The number of aliphatic hydroxyl groups excluding tert-OH is 2. The molecule has 9 heteroatoms. The third-order valence-corrected chi connectivity index (χ3v) is 2.75. The second-order valence-corrected chi connectivity index (χ2v) is 3.93. The van der Waals surface area contributed by atoms with Gasteiger partial charge in [-0.25, -0.2) is 10.3 Å². The molecule has 4 atom stereocenters. The van der Waals surface area contributed by atoms with Crippen LogP contribution in [0.25, 0.3) is 0 Å². The summed E-state index contributed by atoms with van der Waals surface area (Å²) in [6.07, 6.45) is -3.42. The molecule has 1 aromatic rings. The Balaban J connectivity index is 2.29. The van der Waals surface area contributed by atoms with Crippen LogP contribution in [-0.4, -0.2) is 49.8 Å². The lowest BCUT2D eigenvalue weighted by atomic mass is 10.1. The highest BCUT2D eigenvalue weighted by molar-refractivity contribution is 4.93. The van der Waals surface area contributed by atoms with E-state index in [-0.39, 0.29) is 6.54 Å². The summed E-state index contributed by atoms with van der Waals surface area (Å²) in [5.74, 6) is 0. The number of ether oxygens (including phenoxy) is 1. The number of nitrogens with one attached hydrogen (secondary N) is 2. The molecule has 0 saturated carbocycles. The summed E-state index contributed by atoms with van der Waals surface area (Å²) in [4.78, 5) is 24.4. The first-order valence-electron chi connectivity index (χ1n) is 5.24. The van der Waals surface area contributed by atoms with Gasteiger partial charge in [0.25, 0.3) is 5.56 Å². The van der Waals surface area contributed by atoms with Crippen LogP contribution in [0, 0.1) is 0 Å². The van der Waals surface area contributed by atoms with Crippen LogP contribution in [0.5, 0.6) is 0 Å². The zero-order valence-electron chi connectivity index (χ0n) is 9.18. The molecule has 0 spiro atoms. The maximum Gasteiger partial charge on any atom is 0.330 e. The van der Waals surface area contributed by atoms with Crippen molar-refractivity contribution in [3.63, 3.8) is 0 Å². The van der Waals surface area contributed by atoms with Gasteiger partial charge in [-0.1, -0.05) is 0 Å². The van der Waals surface area contributed by atoms with Gasteiger partial charge in [0.2, 0.25) is 0 Å². The summed E-state index contributed by atoms with van der Waals surface area (Å²) in [7, 11) is 0. The van der Waals surface area contributed by atoms with Crippen molar-refractivity contribution in [2.75, 3.05) is 6.54 Å². The quantitative estimate of drug-likeness (QED) is 0.368. The molecular weight excluding hydrogens is 246 g/mol. The maximum atomic E-state index is 11.5. The smallest absolute Gasteiger partial charge is 0.330 e. The van der Waals surface area contributed by atoms with E-state index in [0.29, 0.717) is 0 Å². The van der Waals surface area contributed by atoms with E-state index in [1.807, 2.05) is 10.5 Å². The standard InChI is InChI=1S/C9H13N3O6/c13-5-1-2-12(9(16)11-5)8-7(15)6(14)4(18-8)3-10-17/h1-2,4,6-8,10,14-15,17H,3H2,(H,11,13,16)/t4-,6-,7-,8-/m1/s1. The highest BCUT2D eigenvalue weighted by Gasteiger charge is 2.43. The largest absolute Gasteiger partial charge is 0.387 e. The number of nitrogens with zero attached hydrogens (tertiary/aromatic N) is 1.